The van der Waals surface area contributed by atoms with E-state index in [1.165, 1.54) is 0 Å². The number of hydrogen-bond donors (Lipinski definition) is 2. The minimum absolute atomic E-state index is 0.00851. The SMILES string of the molecule is OC[C@]1(O)O[C@H](COCc2ccccc2)[C@@H](OCc2ccccc2)[C@H](OCc2ccccc2)[C@@H]1F. The lowest BCUT2D eigenvalue weighted by Gasteiger charge is -2.47. The zero-order chi connectivity index (χ0) is 24.5. The van der Waals surface area contributed by atoms with Gasteiger partial charge in [0.05, 0.1) is 26.4 Å². The first-order chi connectivity index (χ1) is 17.1. The van der Waals surface area contributed by atoms with Crippen LogP contribution in [0.5, 0.6) is 0 Å². The first-order valence-electron chi connectivity index (χ1n) is 11.7. The minimum Gasteiger partial charge on any atom is -0.391 e. The number of ether oxygens (including phenoxy) is 4. The van der Waals surface area contributed by atoms with E-state index < -0.39 is 36.9 Å². The van der Waals surface area contributed by atoms with Crippen LogP contribution in [0.15, 0.2) is 91.0 Å². The molecule has 0 radical (unpaired) electrons. The van der Waals surface area contributed by atoms with Crippen LogP contribution in [0.2, 0.25) is 0 Å². The van der Waals surface area contributed by atoms with Gasteiger partial charge in [-0.3, -0.25) is 0 Å². The zero-order valence-electron chi connectivity index (χ0n) is 19.4. The van der Waals surface area contributed by atoms with E-state index in [2.05, 4.69) is 0 Å². The molecule has 35 heavy (non-hydrogen) atoms. The monoisotopic (exact) mass is 482 g/mol. The molecule has 3 aromatic rings. The summed E-state index contributed by atoms with van der Waals surface area (Å²) in [6, 6.07) is 28.4. The molecule has 5 atom stereocenters. The summed E-state index contributed by atoms with van der Waals surface area (Å²) in [7, 11) is 0. The van der Waals surface area contributed by atoms with Crippen molar-refractivity contribution in [1.82, 2.24) is 0 Å². The van der Waals surface area contributed by atoms with E-state index >= 15 is 4.39 Å². The lowest BCUT2D eigenvalue weighted by Crippen LogP contribution is -2.66. The summed E-state index contributed by atoms with van der Waals surface area (Å²) >= 11 is 0. The molecule has 6 nitrogen and oxygen atoms in total. The summed E-state index contributed by atoms with van der Waals surface area (Å²) in [5, 5.41) is 20.6. The normalized spacial score (nSPS) is 26.5. The lowest BCUT2D eigenvalue weighted by atomic mass is 9.93. The largest absolute Gasteiger partial charge is 0.391 e. The summed E-state index contributed by atoms with van der Waals surface area (Å²) in [6.07, 6.45) is -5.01. The highest BCUT2D eigenvalue weighted by Crippen LogP contribution is 2.35. The molecular weight excluding hydrogens is 451 g/mol. The first-order valence-corrected chi connectivity index (χ1v) is 11.7. The van der Waals surface area contributed by atoms with E-state index in [-0.39, 0.29) is 19.8 Å². The van der Waals surface area contributed by atoms with E-state index in [9.17, 15) is 10.2 Å². The van der Waals surface area contributed by atoms with Gasteiger partial charge in [0.1, 0.15) is 24.9 Å². The molecule has 1 aliphatic heterocycles. The number of benzene rings is 3. The smallest absolute Gasteiger partial charge is 0.224 e. The van der Waals surface area contributed by atoms with Crippen molar-refractivity contribution in [3.63, 3.8) is 0 Å². The van der Waals surface area contributed by atoms with Crippen molar-refractivity contribution in [2.45, 2.75) is 50.1 Å². The van der Waals surface area contributed by atoms with Crippen LogP contribution in [0.1, 0.15) is 16.7 Å². The lowest BCUT2D eigenvalue weighted by molar-refractivity contribution is -0.357. The second-order valence-electron chi connectivity index (χ2n) is 8.58. The van der Waals surface area contributed by atoms with E-state index in [1.807, 2.05) is 91.0 Å². The Morgan fingerprint density at radius 2 is 1.17 bits per heavy atom. The Hall–Kier alpha value is -2.65. The Kier molecular flexibility index (Phi) is 8.98. The van der Waals surface area contributed by atoms with Gasteiger partial charge in [0.25, 0.3) is 0 Å². The predicted octanol–water partition coefficient (Wildman–Crippen LogP) is 3.79. The molecule has 186 valence electrons. The maximum atomic E-state index is 15.6. The molecule has 0 aliphatic carbocycles. The van der Waals surface area contributed by atoms with Gasteiger partial charge in [-0.1, -0.05) is 91.0 Å². The van der Waals surface area contributed by atoms with Crippen LogP contribution in [-0.4, -0.2) is 53.7 Å². The van der Waals surface area contributed by atoms with Crippen LogP contribution in [0.25, 0.3) is 0 Å². The highest BCUT2D eigenvalue weighted by molar-refractivity contribution is 5.15. The number of aliphatic hydroxyl groups excluding tert-OH is 1. The van der Waals surface area contributed by atoms with Crippen LogP contribution in [0, 0.1) is 0 Å². The summed E-state index contributed by atoms with van der Waals surface area (Å²) < 4.78 is 39.2. The summed E-state index contributed by atoms with van der Waals surface area (Å²) in [6.45, 7) is -0.317. The van der Waals surface area contributed by atoms with Crippen molar-refractivity contribution >= 4 is 0 Å². The van der Waals surface area contributed by atoms with Gasteiger partial charge in [-0.15, -0.1) is 0 Å². The molecule has 1 fully saturated rings. The molecule has 0 bridgehead atoms. The second-order valence-corrected chi connectivity index (χ2v) is 8.58. The van der Waals surface area contributed by atoms with Gasteiger partial charge in [0, 0.05) is 0 Å². The van der Waals surface area contributed by atoms with Gasteiger partial charge >= 0.3 is 0 Å². The average Bonchev–Trinajstić information content (AvgIpc) is 2.91. The number of aliphatic hydroxyl groups is 2. The van der Waals surface area contributed by atoms with E-state index in [4.69, 9.17) is 18.9 Å². The molecule has 1 saturated heterocycles. The van der Waals surface area contributed by atoms with Gasteiger partial charge in [0.15, 0.2) is 6.17 Å². The third-order valence-corrected chi connectivity index (χ3v) is 5.96. The molecule has 0 saturated carbocycles. The predicted molar refractivity (Wildman–Crippen MR) is 128 cm³/mol. The molecule has 7 heteroatoms. The first kappa shape index (κ1) is 25.4. The van der Waals surface area contributed by atoms with Gasteiger partial charge in [-0.05, 0) is 16.7 Å². The van der Waals surface area contributed by atoms with Crippen molar-refractivity contribution in [2.75, 3.05) is 13.2 Å². The number of hydrogen-bond acceptors (Lipinski definition) is 6. The Bertz CT molecular complexity index is 1010. The Morgan fingerprint density at radius 3 is 1.66 bits per heavy atom. The van der Waals surface area contributed by atoms with Gasteiger partial charge in [-0.25, -0.2) is 4.39 Å². The zero-order valence-corrected chi connectivity index (χ0v) is 19.4. The second kappa shape index (κ2) is 12.4. The fraction of sp³-hybridized carbons (Fsp3) is 0.357. The van der Waals surface area contributed by atoms with Crippen molar-refractivity contribution in [3.05, 3.63) is 108 Å². The molecule has 0 spiro atoms. The van der Waals surface area contributed by atoms with Gasteiger partial charge < -0.3 is 29.2 Å². The number of halogens is 1. The number of alkyl halides is 1. The molecule has 1 heterocycles. The summed E-state index contributed by atoms with van der Waals surface area (Å²) in [5.74, 6) is -2.44. The van der Waals surface area contributed by atoms with Gasteiger partial charge in [-0.2, -0.15) is 0 Å². The summed E-state index contributed by atoms with van der Waals surface area (Å²) in [4.78, 5) is 0. The van der Waals surface area contributed by atoms with Crippen molar-refractivity contribution < 1.29 is 33.6 Å². The van der Waals surface area contributed by atoms with E-state index in [0.29, 0.717) is 6.61 Å². The van der Waals surface area contributed by atoms with E-state index in [0.717, 1.165) is 16.7 Å². The number of rotatable bonds is 11. The van der Waals surface area contributed by atoms with Crippen molar-refractivity contribution in [3.8, 4) is 0 Å². The quantitative estimate of drug-likeness (QED) is 0.433. The van der Waals surface area contributed by atoms with Crippen LogP contribution in [0.3, 0.4) is 0 Å². The van der Waals surface area contributed by atoms with Crippen LogP contribution < -0.4 is 0 Å². The van der Waals surface area contributed by atoms with Crippen molar-refractivity contribution in [1.29, 1.82) is 0 Å². The molecule has 1 aliphatic rings. The standard InChI is InChI=1S/C28H31FO6/c29-27-26(34-18-23-14-8-3-9-15-23)25(33-17-22-12-6-2-7-13-22)24(35-28(27,31)20-30)19-32-16-21-10-4-1-5-11-21/h1-15,24-27,30-31H,16-20H2/t24-,25-,26+,27+,28+/m1/s1. The van der Waals surface area contributed by atoms with Crippen LogP contribution >= 0.6 is 0 Å². The maximum absolute atomic E-state index is 15.6. The topological polar surface area (TPSA) is 77.4 Å². The Morgan fingerprint density at radius 1 is 0.714 bits per heavy atom. The minimum atomic E-state index is -2.44. The maximum Gasteiger partial charge on any atom is 0.224 e. The Labute approximate surface area is 204 Å². The van der Waals surface area contributed by atoms with E-state index in [1.54, 1.807) is 0 Å². The highest BCUT2D eigenvalue weighted by atomic mass is 19.1. The molecular formula is C28H31FO6. The van der Waals surface area contributed by atoms with Crippen LogP contribution in [0.4, 0.5) is 4.39 Å². The molecule has 2 N–H and O–H groups in total. The molecule has 0 aromatic heterocycles. The molecule has 0 amide bonds. The van der Waals surface area contributed by atoms with Crippen molar-refractivity contribution in [2.24, 2.45) is 0 Å². The van der Waals surface area contributed by atoms with Gasteiger partial charge in [0.2, 0.25) is 5.79 Å². The summed E-state index contributed by atoms with van der Waals surface area (Å²) in [5.41, 5.74) is 2.71. The average molecular weight is 483 g/mol. The van der Waals surface area contributed by atoms with Crippen LogP contribution in [-0.2, 0) is 38.8 Å². The molecule has 0 unspecified atom stereocenters. The third kappa shape index (κ3) is 6.73. The third-order valence-electron chi connectivity index (χ3n) is 5.96. The molecule has 4 rings (SSSR count). The Balaban J connectivity index is 1.53. The highest BCUT2D eigenvalue weighted by Gasteiger charge is 2.56. The fourth-order valence-electron chi connectivity index (χ4n) is 4.06. The molecule has 3 aromatic carbocycles. The fourth-order valence-corrected chi connectivity index (χ4v) is 4.06.